The summed E-state index contributed by atoms with van der Waals surface area (Å²) in [6.45, 7) is 3.70. The van der Waals surface area contributed by atoms with Crippen LogP contribution in [0.4, 0.5) is 4.39 Å². The Kier molecular flexibility index (Phi) is 1.86. The third-order valence-electron chi connectivity index (χ3n) is 1.78. The van der Waals surface area contributed by atoms with Crippen molar-refractivity contribution in [1.29, 1.82) is 0 Å². The van der Waals surface area contributed by atoms with Gasteiger partial charge in [-0.1, -0.05) is 12.2 Å². The summed E-state index contributed by atoms with van der Waals surface area (Å²) in [5, 5.41) is 0. The Morgan fingerprint density at radius 3 is 2.78 bits per heavy atom. The first kappa shape index (κ1) is 6.75. The van der Waals surface area contributed by atoms with Gasteiger partial charge >= 0.3 is 0 Å². The van der Waals surface area contributed by atoms with Gasteiger partial charge in [0.25, 0.3) is 0 Å². The maximum atomic E-state index is 12.6. The van der Waals surface area contributed by atoms with Crippen molar-refractivity contribution in [3.05, 3.63) is 12.2 Å². The highest BCUT2D eigenvalue weighted by atomic mass is 19.1. The molecule has 0 amide bonds. The van der Waals surface area contributed by atoms with Crippen LogP contribution in [-0.4, -0.2) is 12.2 Å². The maximum absolute atomic E-state index is 12.6. The van der Waals surface area contributed by atoms with E-state index in [9.17, 15) is 4.39 Å². The lowest BCUT2D eigenvalue weighted by Gasteiger charge is -2.23. The summed E-state index contributed by atoms with van der Waals surface area (Å²) in [5.41, 5.74) is 6.43. The van der Waals surface area contributed by atoms with Gasteiger partial charge < -0.3 is 5.73 Å². The summed E-state index contributed by atoms with van der Waals surface area (Å²) in [6, 6.07) is -0.240. The van der Waals surface area contributed by atoms with Crippen molar-refractivity contribution in [2.75, 3.05) is 0 Å². The molecule has 0 heterocycles. The van der Waals surface area contributed by atoms with Crippen LogP contribution in [0.2, 0.25) is 0 Å². The fraction of sp³-hybridized carbons (Fsp3) is 0.714. The lowest BCUT2D eigenvalue weighted by Crippen LogP contribution is -2.34. The Balaban J connectivity index is 2.44. The monoisotopic (exact) mass is 129 g/mol. The van der Waals surface area contributed by atoms with Crippen molar-refractivity contribution < 1.29 is 4.39 Å². The summed E-state index contributed by atoms with van der Waals surface area (Å²) in [7, 11) is 0. The molecule has 9 heavy (non-hydrogen) atoms. The first-order chi connectivity index (χ1) is 4.20. The van der Waals surface area contributed by atoms with Crippen molar-refractivity contribution in [1.82, 2.24) is 0 Å². The minimum atomic E-state index is -0.841. The van der Waals surface area contributed by atoms with Gasteiger partial charge in [-0.15, -0.1) is 0 Å². The number of rotatable bonds is 0. The van der Waals surface area contributed by atoms with Crippen LogP contribution in [0.15, 0.2) is 12.2 Å². The highest BCUT2D eigenvalue weighted by Crippen LogP contribution is 2.23. The molecule has 2 heteroatoms. The zero-order valence-electron chi connectivity index (χ0n) is 5.44. The molecule has 0 spiro atoms. The van der Waals surface area contributed by atoms with Crippen molar-refractivity contribution in [3.8, 4) is 0 Å². The smallest absolute Gasteiger partial charge is 0.119 e. The van der Waals surface area contributed by atoms with Crippen molar-refractivity contribution >= 4 is 0 Å². The van der Waals surface area contributed by atoms with E-state index < -0.39 is 6.17 Å². The molecular weight excluding hydrogens is 117 g/mol. The molecule has 2 N–H and O–H groups in total. The first-order valence-electron chi connectivity index (χ1n) is 3.26. The fourth-order valence-electron chi connectivity index (χ4n) is 1.08. The van der Waals surface area contributed by atoms with Crippen LogP contribution in [0, 0.1) is 0 Å². The molecule has 1 rings (SSSR count). The second-order valence-corrected chi connectivity index (χ2v) is 2.67. The first-order valence-corrected chi connectivity index (χ1v) is 3.26. The summed E-state index contributed by atoms with van der Waals surface area (Å²) in [4.78, 5) is 0. The highest BCUT2D eigenvalue weighted by Gasteiger charge is 2.22. The molecule has 1 nitrogen and oxygen atoms in total. The van der Waals surface area contributed by atoms with Crippen LogP contribution in [0.1, 0.15) is 19.3 Å². The maximum Gasteiger partial charge on any atom is 0.119 e. The van der Waals surface area contributed by atoms with Gasteiger partial charge in [-0.25, -0.2) is 4.39 Å². The molecular formula is C7H12FN. The standard InChI is InChI=1S/C7H12FN/c1-5-2-3-7(9)6(8)4-5/h6-7H,1-4,9H2. The Labute approximate surface area is 54.7 Å². The van der Waals surface area contributed by atoms with Gasteiger partial charge in [-0.3, -0.25) is 0 Å². The summed E-state index contributed by atoms with van der Waals surface area (Å²) >= 11 is 0. The Morgan fingerprint density at radius 2 is 2.33 bits per heavy atom. The zero-order valence-corrected chi connectivity index (χ0v) is 5.44. The van der Waals surface area contributed by atoms with Crippen LogP contribution in [0.3, 0.4) is 0 Å². The molecule has 2 atom stereocenters. The van der Waals surface area contributed by atoms with Gasteiger partial charge in [0.05, 0.1) is 0 Å². The molecule has 0 aromatic carbocycles. The molecule has 0 aliphatic heterocycles. The Hall–Kier alpha value is -0.370. The molecule has 0 aromatic heterocycles. The fourth-order valence-corrected chi connectivity index (χ4v) is 1.08. The lowest BCUT2D eigenvalue weighted by molar-refractivity contribution is 0.248. The molecule has 1 fully saturated rings. The van der Waals surface area contributed by atoms with Crippen LogP contribution in [-0.2, 0) is 0 Å². The van der Waals surface area contributed by atoms with E-state index in [-0.39, 0.29) is 6.04 Å². The van der Waals surface area contributed by atoms with Crippen LogP contribution < -0.4 is 5.73 Å². The van der Waals surface area contributed by atoms with Crippen LogP contribution >= 0.6 is 0 Å². The van der Waals surface area contributed by atoms with Gasteiger partial charge in [0.2, 0.25) is 0 Å². The van der Waals surface area contributed by atoms with Crippen LogP contribution in [0.5, 0.6) is 0 Å². The van der Waals surface area contributed by atoms with Gasteiger partial charge in [0, 0.05) is 12.5 Å². The van der Waals surface area contributed by atoms with Crippen molar-refractivity contribution in [3.63, 3.8) is 0 Å². The van der Waals surface area contributed by atoms with Gasteiger partial charge in [0.1, 0.15) is 6.17 Å². The molecule has 0 radical (unpaired) electrons. The third kappa shape index (κ3) is 1.52. The second kappa shape index (κ2) is 2.48. The van der Waals surface area contributed by atoms with E-state index in [1.54, 1.807) is 0 Å². The minimum Gasteiger partial charge on any atom is -0.325 e. The van der Waals surface area contributed by atoms with Gasteiger partial charge in [-0.05, 0) is 12.8 Å². The van der Waals surface area contributed by atoms with Crippen LogP contribution in [0.25, 0.3) is 0 Å². The quantitative estimate of drug-likeness (QED) is 0.491. The topological polar surface area (TPSA) is 26.0 Å². The van der Waals surface area contributed by atoms with Gasteiger partial charge in [0.15, 0.2) is 0 Å². The van der Waals surface area contributed by atoms with E-state index >= 15 is 0 Å². The predicted octanol–water partition coefficient (Wildman–Crippen LogP) is 1.39. The zero-order chi connectivity index (χ0) is 6.85. The minimum absolute atomic E-state index is 0.240. The highest BCUT2D eigenvalue weighted by molar-refractivity contribution is 5.03. The van der Waals surface area contributed by atoms with Crippen molar-refractivity contribution in [2.24, 2.45) is 5.73 Å². The Morgan fingerprint density at radius 1 is 1.67 bits per heavy atom. The molecule has 0 aromatic rings. The van der Waals surface area contributed by atoms with E-state index in [4.69, 9.17) is 5.73 Å². The van der Waals surface area contributed by atoms with Crippen molar-refractivity contribution in [2.45, 2.75) is 31.5 Å². The summed E-state index contributed by atoms with van der Waals surface area (Å²) in [6.07, 6.45) is 1.30. The number of allylic oxidation sites excluding steroid dienone is 1. The van der Waals surface area contributed by atoms with E-state index in [0.717, 1.165) is 18.4 Å². The Bertz CT molecular complexity index is 122. The van der Waals surface area contributed by atoms with E-state index in [1.807, 2.05) is 0 Å². The summed E-state index contributed by atoms with van der Waals surface area (Å²) < 4.78 is 12.6. The molecule has 2 unspecified atom stereocenters. The normalized spacial score (nSPS) is 36.9. The number of halogens is 1. The number of alkyl halides is 1. The average molecular weight is 129 g/mol. The van der Waals surface area contributed by atoms with E-state index in [0.29, 0.717) is 6.42 Å². The molecule has 1 aliphatic rings. The van der Waals surface area contributed by atoms with E-state index in [2.05, 4.69) is 6.58 Å². The lowest BCUT2D eigenvalue weighted by atomic mass is 9.91. The number of nitrogens with two attached hydrogens (primary N) is 1. The molecule has 52 valence electrons. The van der Waals surface area contributed by atoms with Gasteiger partial charge in [-0.2, -0.15) is 0 Å². The number of hydrogen-bond donors (Lipinski definition) is 1. The largest absolute Gasteiger partial charge is 0.325 e. The third-order valence-corrected chi connectivity index (χ3v) is 1.78. The number of hydrogen-bond acceptors (Lipinski definition) is 1. The molecule has 0 saturated heterocycles. The summed E-state index contributed by atoms with van der Waals surface area (Å²) in [5.74, 6) is 0. The SMILES string of the molecule is C=C1CCC(N)C(F)C1. The predicted molar refractivity (Wildman–Crippen MR) is 35.9 cm³/mol. The molecule has 0 bridgehead atoms. The van der Waals surface area contributed by atoms with E-state index in [1.165, 1.54) is 0 Å². The molecule has 1 saturated carbocycles. The average Bonchev–Trinajstić information content (AvgIpc) is 1.80. The molecule has 1 aliphatic carbocycles. The second-order valence-electron chi connectivity index (χ2n) is 2.67.